The third-order valence-electron chi connectivity index (χ3n) is 10.6. The van der Waals surface area contributed by atoms with E-state index in [4.69, 9.17) is 0 Å². The van der Waals surface area contributed by atoms with Gasteiger partial charge in [0, 0.05) is 5.41 Å². The molecule has 0 aromatic heterocycles. The van der Waals surface area contributed by atoms with Crippen LogP contribution in [0.15, 0.2) is 146 Å². The van der Waals surface area contributed by atoms with E-state index in [1.807, 2.05) is 0 Å². The lowest BCUT2D eigenvalue weighted by atomic mass is 9.69. The van der Waals surface area contributed by atoms with Crippen LogP contribution in [0.1, 0.15) is 25.0 Å². The zero-order chi connectivity index (χ0) is 29.9. The van der Waals surface area contributed by atoms with Gasteiger partial charge in [-0.25, -0.2) is 0 Å². The van der Waals surface area contributed by atoms with E-state index >= 15 is 0 Å². The van der Waals surface area contributed by atoms with Gasteiger partial charge in [0.15, 0.2) is 0 Å². The van der Waals surface area contributed by atoms with Gasteiger partial charge in [0.05, 0.1) is 0 Å². The Morgan fingerprint density at radius 2 is 0.889 bits per heavy atom. The van der Waals surface area contributed by atoms with Crippen molar-refractivity contribution >= 4 is 64.6 Å². The Kier molecular flexibility index (Phi) is 4.88. The first-order chi connectivity index (χ1) is 22.1. The summed E-state index contributed by atoms with van der Waals surface area (Å²) in [5.41, 5.74) is 7.94. The molecule has 0 N–H and O–H groups in total. The van der Waals surface area contributed by atoms with Gasteiger partial charge in [0.1, 0.15) is 0 Å². The van der Waals surface area contributed by atoms with Crippen LogP contribution in [0.2, 0.25) is 0 Å². The van der Waals surface area contributed by atoms with Gasteiger partial charge in [-0.2, -0.15) is 0 Å². The Balaban J connectivity index is 1.39. The zero-order valence-electron chi connectivity index (χ0n) is 25.4. The molecule has 0 aliphatic heterocycles. The zero-order valence-corrected chi connectivity index (χ0v) is 25.4. The van der Waals surface area contributed by atoms with E-state index in [1.54, 1.807) is 0 Å². The van der Waals surface area contributed by atoms with E-state index in [0.717, 1.165) is 0 Å². The fraction of sp³-hybridized carbons (Fsp3) is 0.0667. The van der Waals surface area contributed by atoms with E-state index < -0.39 is 0 Å². The van der Waals surface area contributed by atoms with Crippen LogP contribution >= 0.6 is 0 Å². The molecular weight excluding hydrogens is 540 g/mol. The highest BCUT2D eigenvalue weighted by Gasteiger charge is 2.33. The number of hydrogen-bond acceptors (Lipinski definition) is 0. The molecule has 0 fully saturated rings. The second-order valence-electron chi connectivity index (χ2n) is 13.2. The second-order valence-corrected chi connectivity index (χ2v) is 13.2. The number of benzene rings is 9. The molecule has 0 unspecified atom stereocenters. The van der Waals surface area contributed by atoms with Gasteiger partial charge in [0.25, 0.3) is 0 Å². The predicted octanol–water partition coefficient (Wildman–Crippen LogP) is 12.6. The highest BCUT2D eigenvalue weighted by molar-refractivity contribution is 6.30. The molecule has 0 bridgehead atoms. The predicted molar refractivity (Wildman–Crippen MR) is 194 cm³/mol. The van der Waals surface area contributed by atoms with Crippen molar-refractivity contribution in [3.05, 3.63) is 157 Å². The quantitative estimate of drug-likeness (QED) is 0.143. The van der Waals surface area contributed by atoms with Gasteiger partial charge >= 0.3 is 0 Å². The first-order valence-corrected chi connectivity index (χ1v) is 15.9. The van der Waals surface area contributed by atoms with Crippen molar-refractivity contribution in [2.75, 3.05) is 0 Å². The molecule has 45 heavy (non-hydrogen) atoms. The van der Waals surface area contributed by atoms with E-state index in [2.05, 4.69) is 159 Å². The first kappa shape index (κ1) is 24.9. The van der Waals surface area contributed by atoms with Crippen molar-refractivity contribution in [3.63, 3.8) is 0 Å². The van der Waals surface area contributed by atoms with Gasteiger partial charge in [-0.05, 0) is 110 Å². The molecule has 0 heterocycles. The minimum atomic E-state index is -0.0942. The summed E-state index contributed by atoms with van der Waals surface area (Å²) in [4.78, 5) is 0. The summed E-state index contributed by atoms with van der Waals surface area (Å²) in [5.74, 6) is 0. The van der Waals surface area contributed by atoms with Crippen molar-refractivity contribution < 1.29 is 0 Å². The molecule has 210 valence electrons. The average Bonchev–Trinajstić information content (AvgIpc) is 3.08. The summed E-state index contributed by atoms with van der Waals surface area (Å²) in [6, 6.07) is 54.6. The van der Waals surface area contributed by atoms with Gasteiger partial charge in [0.2, 0.25) is 0 Å². The lowest BCUT2D eigenvalue weighted by molar-refractivity contribution is 0.652. The van der Waals surface area contributed by atoms with Crippen molar-refractivity contribution in [1.29, 1.82) is 0 Å². The first-order valence-electron chi connectivity index (χ1n) is 15.9. The summed E-state index contributed by atoms with van der Waals surface area (Å²) in [6.45, 7) is 4.79. The van der Waals surface area contributed by atoms with Crippen LogP contribution in [0.5, 0.6) is 0 Å². The topological polar surface area (TPSA) is 0 Å². The van der Waals surface area contributed by atoms with Crippen LogP contribution in [0.4, 0.5) is 0 Å². The molecule has 1 aliphatic carbocycles. The minimum Gasteiger partial charge on any atom is -0.0616 e. The van der Waals surface area contributed by atoms with Crippen molar-refractivity contribution in [2.45, 2.75) is 19.3 Å². The normalized spacial score (nSPS) is 13.7. The smallest absolute Gasteiger partial charge is 0.0159 e. The summed E-state index contributed by atoms with van der Waals surface area (Å²) < 4.78 is 0. The third kappa shape index (κ3) is 3.27. The van der Waals surface area contributed by atoms with Gasteiger partial charge in [-0.15, -0.1) is 0 Å². The fourth-order valence-electron chi connectivity index (χ4n) is 8.53. The van der Waals surface area contributed by atoms with Crippen LogP contribution in [0, 0.1) is 0 Å². The maximum absolute atomic E-state index is 2.47. The summed E-state index contributed by atoms with van der Waals surface area (Å²) in [7, 11) is 0. The average molecular weight is 571 g/mol. The van der Waals surface area contributed by atoms with Crippen molar-refractivity contribution in [3.8, 4) is 22.3 Å². The molecule has 0 saturated carbocycles. The third-order valence-corrected chi connectivity index (χ3v) is 10.6. The van der Waals surface area contributed by atoms with Crippen LogP contribution in [-0.4, -0.2) is 0 Å². The van der Waals surface area contributed by atoms with Crippen molar-refractivity contribution in [2.24, 2.45) is 0 Å². The van der Waals surface area contributed by atoms with Crippen LogP contribution in [0.25, 0.3) is 86.9 Å². The largest absolute Gasteiger partial charge is 0.0616 e. The monoisotopic (exact) mass is 570 g/mol. The molecule has 0 amide bonds. The SMILES string of the molecule is CC1(C)c2cccc3ccc4cc(-c5c6ccccc6c(-c6ccc7ccccc7c6)c6ccccc56)c5cccc1c5c4c23. The molecule has 0 nitrogen and oxygen atoms in total. The Morgan fingerprint density at radius 1 is 0.356 bits per heavy atom. The lowest BCUT2D eigenvalue weighted by Gasteiger charge is -2.34. The van der Waals surface area contributed by atoms with E-state index in [-0.39, 0.29) is 5.41 Å². The van der Waals surface area contributed by atoms with Crippen molar-refractivity contribution in [1.82, 2.24) is 0 Å². The molecule has 0 spiro atoms. The standard InChI is InChI=1S/C45H30/c1-45(2)38-19-9-13-28-22-24-31-26-37(36-18-10-20-39(45)44(36)42(31)41(28)38)43-34-16-7-5-14-32(34)40(33-15-6-8-17-35(33)43)30-23-21-27-11-3-4-12-29(27)25-30/h3-26H,1-2H3. The molecular formula is C45H30. The molecule has 10 rings (SSSR count). The van der Waals surface area contributed by atoms with E-state index in [9.17, 15) is 0 Å². The Hall–Kier alpha value is -5.46. The number of fused-ring (bicyclic) bond motifs is 3. The van der Waals surface area contributed by atoms with Crippen LogP contribution < -0.4 is 0 Å². The highest BCUT2D eigenvalue weighted by Crippen LogP contribution is 2.52. The molecule has 9 aromatic rings. The summed E-state index contributed by atoms with van der Waals surface area (Å²) in [5, 5.41) is 15.9. The molecule has 1 aliphatic rings. The van der Waals surface area contributed by atoms with Gasteiger partial charge < -0.3 is 0 Å². The van der Waals surface area contributed by atoms with E-state index in [0.29, 0.717) is 0 Å². The maximum Gasteiger partial charge on any atom is 0.0159 e. The number of rotatable bonds is 2. The fourth-order valence-corrected chi connectivity index (χ4v) is 8.53. The second kappa shape index (κ2) is 8.80. The molecule has 0 heteroatoms. The summed E-state index contributed by atoms with van der Waals surface area (Å²) in [6.07, 6.45) is 0. The van der Waals surface area contributed by atoms with E-state index in [1.165, 1.54) is 98.0 Å². The van der Waals surface area contributed by atoms with Crippen LogP contribution in [-0.2, 0) is 5.41 Å². The maximum atomic E-state index is 2.47. The highest BCUT2D eigenvalue weighted by atomic mass is 14.4. The minimum absolute atomic E-state index is 0.0942. The Labute approximate surface area is 262 Å². The van der Waals surface area contributed by atoms with Gasteiger partial charge in [-0.3, -0.25) is 0 Å². The summed E-state index contributed by atoms with van der Waals surface area (Å²) >= 11 is 0. The van der Waals surface area contributed by atoms with Gasteiger partial charge in [-0.1, -0.05) is 147 Å². The molecule has 0 atom stereocenters. The molecule has 0 radical (unpaired) electrons. The Bertz CT molecular complexity index is 2670. The molecule has 9 aromatic carbocycles. The number of hydrogen-bond donors (Lipinski definition) is 0. The Morgan fingerprint density at radius 3 is 1.62 bits per heavy atom. The lowest BCUT2D eigenvalue weighted by Crippen LogP contribution is -2.22. The van der Waals surface area contributed by atoms with Crippen LogP contribution in [0.3, 0.4) is 0 Å². The molecule has 0 saturated heterocycles.